The first kappa shape index (κ1) is 22.0. The van der Waals surface area contributed by atoms with Gasteiger partial charge < -0.3 is 18.6 Å². The summed E-state index contributed by atoms with van der Waals surface area (Å²) in [4.78, 5) is 0. The van der Waals surface area contributed by atoms with Crippen molar-refractivity contribution in [1.29, 1.82) is 0 Å². The summed E-state index contributed by atoms with van der Waals surface area (Å²) in [7, 11) is -2.49. The number of ether oxygens (including phenoxy) is 3. The van der Waals surface area contributed by atoms with Crippen molar-refractivity contribution in [1.82, 2.24) is 0 Å². The van der Waals surface area contributed by atoms with Crippen LogP contribution in [0, 0.1) is 0 Å². The predicted octanol–water partition coefficient (Wildman–Crippen LogP) is 4.20. The molecule has 4 nitrogen and oxygen atoms in total. The van der Waals surface area contributed by atoms with Gasteiger partial charge in [0, 0.05) is 19.4 Å². The molecule has 0 amide bonds. The first-order valence-electron chi connectivity index (χ1n) is 12.7. The zero-order valence-electron chi connectivity index (χ0n) is 20.0. The van der Waals surface area contributed by atoms with Crippen LogP contribution in [-0.4, -0.2) is 51.0 Å². The molecule has 33 heavy (non-hydrogen) atoms. The molecule has 1 saturated carbocycles. The third-order valence-corrected chi connectivity index (χ3v) is 13.4. The Labute approximate surface area is 198 Å². The molecule has 176 valence electrons. The Hall–Kier alpha value is -1.50. The third kappa shape index (κ3) is 3.64. The van der Waals surface area contributed by atoms with Crippen LogP contribution < -0.4 is 10.4 Å². The van der Waals surface area contributed by atoms with Gasteiger partial charge in [-0.15, -0.1) is 0 Å². The van der Waals surface area contributed by atoms with E-state index >= 15 is 0 Å². The van der Waals surface area contributed by atoms with E-state index in [0.717, 1.165) is 32.1 Å². The van der Waals surface area contributed by atoms with Crippen LogP contribution in [-0.2, 0) is 18.6 Å². The standard InChI is InChI=1S/C28H36O4Si/c1-27(2,3)33(21-10-6-4-7-11-21,22-12-8-5-9-13-22)29-17-16-20-14-15-25-28(32-20)18-23(30-25)26-24(19-28)31-26/h4-13,20,23-26H,14-19H2,1-3H3/t20?,23-,24-,25?,26+,28?/m1/s1. The first-order valence-corrected chi connectivity index (χ1v) is 14.6. The highest BCUT2D eigenvalue weighted by Gasteiger charge is 2.66. The van der Waals surface area contributed by atoms with Crippen LogP contribution >= 0.6 is 0 Å². The van der Waals surface area contributed by atoms with Gasteiger partial charge in [0.2, 0.25) is 0 Å². The molecule has 3 heterocycles. The second kappa shape index (κ2) is 8.03. The highest BCUT2D eigenvalue weighted by Crippen LogP contribution is 2.55. The SMILES string of the molecule is CC(C)(C)[Si](OCCC1CCC2O[C@@H]3CC2(C[C@H]2O[C@@H]32)O1)(c1ccccc1)c1ccccc1. The van der Waals surface area contributed by atoms with Crippen molar-refractivity contribution in [3.63, 3.8) is 0 Å². The molecule has 3 aliphatic heterocycles. The largest absolute Gasteiger partial charge is 0.407 e. The van der Waals surface area contributed by atoms with Gasteiger partial charge in [-0.05, 0) is 34.7 Å². The van der Waals surface area contributed by atoms with Gasteiger partial charge in [-0.25, -0.2) is 0 Å². The van der Waals surface area contributed by atoms with E-state index in [1.165, 1.54) is 10.4 Å². The zero-order valence-corrected chi connectivity index (χ0v) is 21.0. The summed E-state index contributed by atoms with van der Waals surface area (Å²) >= 11 is 0. The molecule has 0 aromatic heterocycles. The lowest BCUT2D eigenvalue weighted by Crippen LogP contribution is -2.66. The van der Waals surface area contributed by atoms with Crippen LogP contribution in [0.2, 0.25) is 5.04 Å². The van der Waals surface area contributed by atoms with Crippen molar-refractivity contribution in [2.24, 2.45) is 0 Å². The monoisotopic (exact) mass is 464 g/mol. The summed E-state index contributed by atoms with van der Waals surface area (Å²) in [6.07, 6.45) is 6.53. The number of benzene rings is 2. The number of epoxide rings is 1. The van der Waals surface area contributed by atoms with E-state index in [1.54, 1.807) is 0 Å². The van der Waals surface area contributed by atoms with Gasteiger partial charge in [-0.2, -0.15) is 0 Å². The van der Waals surface area contributed by atoms with Crippen LogP contribution in [0.3, 0.4) is 0 Å². The lowest BCUT2D eigenvalue weighted by atomic mass is 9.78. The number of fused-ring (bicyclic) bond motifs is 3. The van der Waals surface area contributed by atoms with Crippen LogP contribution in [0.4, 0.5) is 0 Å². The van der Waals surface area contributed by atoms with Gasteiger partial charge >= 0.3 is 0 Å². The summed E-state index contributed by atoms with van der Waals surface area (Å²) in [5, 5.41) is 2.67. The molecule has 1 aliphatic carbocycles. The number of hydrogen-bond donors (Lipinski definition) is 0. The minimum Gasteiger partial charge on any atom is -0.407 e. The van der Waals surface area contributed by atoms with Crippen molar-refractivity contribution < 1.29 is 18.6 Å². The van der Waals surface area contributed by atoms with Gasteiger partial charge in [-0.3, -0.25) is 0 Å². The highest BCUT2D eigenvalue weighted by atomic mass is 28.4. The van der Waals surface area contributed by atoms with E-state index in [2.05, 4.69) is 81.4 Å². The summed E-state index contributed by atoms with van der Waals surface area (Å²) < 4.78 is 26.1. The average Bonchev–Trinajstić information content (AvgIpc) is 3.51. The number of hydrogen-bond acceptors (Lipinski definition) is 4. The summed E-state index contributed by atoms with van der Waals surface area (Å²) in [6.45, 7) is 7.73. The summed E-state index contributed by atoms with van der Waals surface area (Å²) in [5.41, 5.74) is -0.122. The van der Waals surface area contributed by atoms with Crippen LogP contribution in [0.5, 0.6) is 0 Å². The molecule has 2 aromatic carbocycles. The average molecular weight is 465 g/mol. The second-order valence-electron chi connectivity index (χ2n) is 11.4. The molecule has 2 aromatic rings. The molecule has 1 spiro atoms. The van der Waals surface area contributed by atoms with E-state index in [0.29, 0.717) is 18.8 Å². The lowest BCUT2D eigenvalue weighted by Gasteiger charge is -2.44. The summed E-state index contributed by atoms with van der Waals surface area (Å²) in [6, 6.07) is 21.8. The van der Waals surface area contributed by atoms with E-state index in [-0.39, 0.29) is 29.0 Å². The Morgan fingerprint density at radius 1 is 0.879 bits per heavy atom. The van der Waals surface area contributed by atoms with Crippen LogP contribution in [0.15, 0.2) is 60.7 Å². The maximum atomic E-state index is 7.11. The Kier molecular flexibility index (Phi) is 5.35. The van der Waals surface area contributed by atoms with Gasteiger partial charge in [0.25, 0.3) is 8.32 Å². The van der Waals surface area contributed by atoms with E-state index in [4.69, 9.17) is 18.6 Å². The van der Waals surface area contributed by atoms with Gasteiger partial charge in [-0.1, -0.05) is 81.4 Å². The second-order valence-corrected chi connectivity index (χ2v) is 15.7. The molecule has 0 radical (unpaired) electrons. The molecule has 3 saturated heterocycles. The van der Waals surface area contributed by atoms with Gasteiger partial charge in [0.15, 0.2) is 0 Å². The van der Waals surface area contributed by atoms with Gasteiger partial charge in [0.1, 0.15) is 6.10 Å². The molecule has 4 aliphatic rings. The number of rotatable bonds is 6. The Morgan fingerprint density at radius 2 is 1.48 bits per heavy atom. The zero-order chi connectivity index (χ0) is 22.7. The molecule has 5 heteroatoms. The molecular formula is C28H36O4Si. The van der Waals surface area contributed by atoms with Crippen molar-refractivity contribution in [2.75, 3.05) is 6.61 Å². The smallest absolute Gasteiger partial charge is 0.261 e. The maximum absolute atomic E-state index is 7.11. The van der Waals surface area contributed by atoms with Crippen LogP contribution in [0.25, 0.3) is 0 Å². The Bertz CT molecular complexity index is 931. The summed E-state index contributed by atoms with van der Waals surface area (Å²) in [5.74, 6) is 0. The topological polar surface area (TPSA) is 40.2 Å². The van der Waals surface area contributed by atoms with Crippen molar-refractivity contribution >= 4 is 18.7 Å². The molecular weight excluding hydrogens is 428 g/mol. The van der Waals surface area contributed by atoms with Crippen molar-refractivity contribution in [3.8, 4) is 0 Å². The first-order chi connectivity index (χ1) is 15.9. The lowest BCUT2D eigenvalue weighted by molar-refractivity contribution is -0.172. The predicted molar refractivity (Wildman–Crippen MR) is 132 cm³/mol. The molecule has 3 unspecified atom stereocenters. The minimum absolute atomic E-state index is 0.00111. The third-order valence-electron chi connectivity index (χ3n) is 8.33. The fourth-order valence-corrected chi connectivity index (χ4v) is 11.4. The normalized spacial score (nSPS) is 35.1. The minimum atomic E-state index is -2.49. The van der Waals surface area contributed by atoms with Crippen molar-refractivity contribution in [3.05, 3.63) is 60.7 Å². The fourth-order valence-electron chi connectivity index (χ4n) is 6.79. The van der Waals surface area contributed by atoms with E-state index in [9.17, 15) is 0 Å². The molecule has 2 bridgehead atoms. The van der Waals surface area contributed by atoms with E-state index < -0.39 is 8.32 Å². The maximum Gasteiger partial charge on any atom is 0.261 e. The Balaban J connectivity index is 1.22. The van der Waals surface area contributed by atoms with Crippen LogP contribution in [0.1, 0.15) is 52.9 Å². The molecule has 6 atom stereocenters. The van der Waals surface area contributed by atoms with Crippen molar-refractivity contribution in [2.45, 2.75) is 94.0 Å². The highest BCUT2D eigenvalue weighted by molar-refractivity contribution is 6.99. The van der Waals surface area contributed by atoms with E-state index in [1.807, 2.05) is 0 Å². The molecule has 0 N–H and O–H groups in total. The fraction of sp³-hybridized carbons (Fsp3) is 0.571. The Morgan fingerprint density at radius 3 is 2.09 bits per heavy atom. The molecule has 6 rings (SSSR count). The molecule has 4 fully saturated rings. The quantitative estimate of drug-likeness (QED) is 0.475. The van der Waals surface area contributed by atoms with Gasteiger partial charge in [0.05, 0.1) is 30.0 Å².